The summed E-state index contributed by atoms with van der Waals surface area (Å²) in [4.78, 5) is 21.1. The van der Waals surface area contributed by atoms with Crippen molar-refractivity contribution in [3.05, 3.63) is 0 Å². The van der Waals surface area contributed by atoms with Crippen molar-refractivity contribution in [1.82, 2.24) is 10.6 Å². The Morgan fingerprint density at radius 3 is 2.64 bits per heavy atom. The third kappa shape index (κ3) is 5.89. The van der Waals surface area contributed by atoms with Gasteiger partial charge in [-0.1, -0.05) is 6.92 Å². The molecule has 5 nitrogen and oxygen atoms in total. The van der Waals surface area contributed by atoms with Crippen LogP contribution in [-0.2, 0) is 4.79 Å². The van der Waals surface area contributed by atoms with E-state index < -0.39 is 18.5 Å². The zero-order valence-electron chi connectivity index (χ0n) is 8.04. The van der Waals surface area contributed by atoms with Crippen molar-refractivity contribution in [2.45, 2.75) is 25.8 Å². The molecule has 0 aliphatic rings. The Morgan fingerprint density at radius 1 is 1.57 bits per heavy atom. The van der Waals surface area contributed by atoms with Gasteiger partial charge in [0, 0.05) is 12.5 Å². The lowest BCUT2D eigenvalue weighted by Gasteiger charge is -2.13. The summed E-state index contributed by atoms with van der Waals surface area (Å²) in [5.41, 5.74) is 0. The normalized spacial score (nSPS) is 11.1. The van der Waals surface area contributed by atoms with E-state index in [9.17, 15) is 9.59 Å². The van der Waals surface area contributed by atoms with Crippen molar-refractivity contribution in [1.29, 1.82) is 0 Å². The maximum atomic E-state index is 11.0. The largest absolute Gasteiger partial charge is 0.480 e. The number of carboxylic acid groups (broad SMARTS) is 1. The molecule has 0 spiro atoms. The van der Waals surface area contributed by atoms with Gasteiger partial charge in [0.2, 0.25) is 0 Å². The van der Waals surface area contributed by atoms with Crippen molar-refractivity contribution in [2.24, 2.45) is 0 Å². The molecule has 0 rings (SSSR count). The summed E-state index contributed by atoms with van der Waals surface area (Å²) in [6.45, 7) is 1.50. The molecule has 0 heterocycles. The van der Waals surface area contributed by atoms with Crippen LogP contribution >= 0.6 is 0 Å². The summed E-state index contributed by atoms with van der Waals surface area (Å²) in [6, 6.07) is -0.608. The lowest BCUT2D eigenvalue weighted by Crippen LogP contribution is -2.43. The highest BCUT2D eigenvalue weighted by molar-refractivity contribution is 5.79. The number of aliphatic carboxylic acids is 1. The van der Waals surface area contributed by atoms with E-state index in [1.165, 1.54) is 0 Å². The van der Waals surface area contributed by atoms with Crippen molar-refractivity contribution in [3.8, 4) is 12.3 Å². The number of hydrogen-bond donors (Lipinski definition) is 3. The maximum absolute atomic E-state index is 11.0. The van der Waals surface area contributed by atoms with Gasteiger partial charge in [-0.2, -0.15) is 0 Å². The lowest BCUT2D eigenvalue weighted by molar-refractivity contribution is -0.135. The number of carboxylic acids is 1. The Labute approximate surface area is 82.9 Å². The first kappa shape index (κ1) is 12.3. The summed E-state index contributed by atoms with van der Waals surface area (Å²) in [7, 11) is 0. The first-order valence-corrected chi connectivity index (χ1v) is 4.29. The predicted octanol–water partition coefficient (Wildman–Crippen LogP) is 0.172. The zero-order valence-corrected chi connectivity index (χ0v) is 8.04. The van der Waals surface area contributed by atoms with Gasteiger partial charge in [0.05, 0.1) is 0 Å². The number of carbonyl (C=O) groups excluding carboxylic acids is 1. The maximum Gasteiger partial charge on any atom is 0.323 e. The summed E-state index contributed by atoms with van der Waals surface area (Å²) >= 11 is 0. The van der Waals surface area contributed by atoms with Crippen LogP contribution in [0.2, 0.25) is 0 Å². The van der Waals surface area contributed by atoms with Crippen LogP contribution in [0.15, 0.2) is 0 Å². The summed E-state index contributed by atoms with van der Waals surface area (Å²) < 4.78 is 0. The fraction of sp³-hybridized carbons (Fsp3) is 0.556. The fourth-order valence-corrected chi connectivity index (χ4v) is 0.832. The van der Waals surface area contributed by atoms with E-state index in [1.807, 2.05) is 6.92 Å². The molecule has 0 radical (unpaired) electrons. The minimum atomic E-state index is -1.08. The van der Waals surface area contributed by atoms with E-state index in [-0.39, 0.29) is 6.04 Å². The van der Waals surface area contributed by atoms with E-state index in [4.69, 9.17) is 11.5 Å². The van der Waals surface area contributed by atoms with E-state index in [2.05, 4.69) is 16.6 Å². The zero-order chi connectivity index (χ0) is 11.0. The smallest absolute Gasteiger partial charge is 0.323 e. The van der Waals surface area contributed by atoms with Gasteiger partial charge in [-0.3, -0.25) is 4.79 Å². The molecule has 78 valence electrons. The van der Waals surface area contributed by atoms with Crippen LogP contribution < -0.4 is 10.6 Å². The third-order valence-electron chi connectivity index (χ3n) is 1.59. The predicted molar refractivity (Wildman–Crippen MR) is 51.7 cm³/mol. The van der Waals surface area contributed by atoms with Crippen molar-refractivity contribution in [3.63, 3.8) is 0 Å². The second-order valence-electron chi connectivity index (χ2n) is 2.73. The number of carbonyl (C=O) groups is 2. The molecule has 0 aromatic carbocycles. The van der Waals surface area contributed by atoms with Crippen LogP contribution in [-0.4, -0.2) is 29.7 Å². The standard InChI is InChI=1S/C9H14N2O3/c1-3-5-7(4-2)11-9(14)10-6-8(12)13/h1,7H,4-6H2,2H3,(H,12,13)(H2,10,11,14). The number of rotatable bonds is 5. The average molecular weight is 198 g/mol. The van der Waals surface area contributed by atoms with Crippen LogP contribution in [0.4, 0.5) is 4.79 Å². The van der Waals surface area contributed by atoms with E-state index >= 15 is 0 Å². The average Bonchev–Trinajstić information content (AvgIpc) is 2.14. The molecular weight excluding hydrogens is 184 g/mol. The topological polar surface area (TPSA) is 78.4 Å². The molecule has 3 N–H and O–H groups in total. The van der Waals surface area contributed by atoms with E-state index in [0.717, 1.165) is 0 Å². The van der Waals surface area contributed by atoms with Gasteiger partial charge in [0.25, 0.3) is 0 Å². The monoisotopic (exact) mass is 198 g/mol. The number of nitrogens with one attached hydrogen (secondary N) is 2. The van der Waals surface area contributed by atoms with Gasteiger partial charge < -0.3 is 15.7 Å². The summed E-state index contributed by atoms with van der Waals surface area (Å²) in [6.07, 6.45) is 6.24. The molecule has 0 fully saturated rings. The highest BCUT2D eigenvalue weighted by atomic mass is 16.4. The molecule has 0 aromatic heterocycles. The van der Waals surface area contributed by atoms with Gasteiger partial charge in [0.15, 0.2) is 0 Å². The van der Waals surface area contributed by atoms with Crippen molar-refractivity contribution < 1.29 is 14.7 Å². The molecule has 0 saturated carbocycles. The molecule has 14 heavy (non-hydrogen) atoms. The molecule has 0 aliphatic carbocycles. The molecule has 2 amide bonds. The first-order valence-electron chi connectivity index (χ1n) is 4.29. The third-order valence-corrected chi connectivity index (χ3v) is 1.59. The minimum absolute atomic E-state index is 0.103. The van der Waals surface area contributed by atoms with E-state index in [0.29, 0.717) is 12.8 Å². The number of terminal acetylenes is 1. The van der Waals surface area contributed by atoms with Crippen molar-refractivity contribution in [2.75, 3.05) is 6.54 Å². The highest BCUT2D eigenvalue weighted by Crippen LogP contribution is 1.94. The molecule has 0 bridgehead atoms. The number of urea groups is 1. The number of amides is 2. The minimum Gasteiger partial charge on any atom is -0.480 e. The molecular formula is C9H14N2O3. The molecule has 5 heteroatoms. The molecule has 0 aromatic rings. The Morgan fingerprint density at radius 2 is 2.21 bits per heavy atom. The molecule has 0 aliphatic heterocycles. The Kier molecular flexibility index (Phi) is 5.95. The van der Waals surface area contributed by atoms with Gasteiger partial charge in [-0.25, -0.2) is 4.79 Å². The van der Waals surface area contributed by atoms with Gasteiger partial charge >= 0.3 is 12.0 Å². The molecule has 1 atom stereocenters. The molecule has 0 saturated heterocycles. The van der Waals surface area contributed by atoms with Gasteiger partial charge in [-0.05, 0) is 6.42 Å². The lowest BCUT2D eigenvalue weighted by atomic mass is 10.2. The van der Waals surface area contributed by atoms with Crippen LogP contribution in [0.5, 0.6) is 0 Å². The highest BCUT2D eigenvalue weighted by Gasteiger charge is 2.09. The summed E-state index contributed by atoms with van der Waals surface area (Å²) in [5, 5.41) is 13.0. The van der Waals surface area contributed by atoms with Crippen LogP contribution in [0.1, 0.15) is 19.8 Å². The second kappa shape index (κ2) is 6.78. The Hall–Kier alpha value is -1.70. The summed E-state index contributed by atoms with van der Waals surface area (Å²) in [5.74, 6) is 1.35. The van der Waals surface area contributed by atoms with Crippen LogP contribution in [0, 0.1) is 12.3 Å². The first-order chi connectivity index (χ1) is 6.60. The quantitative estimate of drug-likeness (QED) is 0.551. The van der Waals surface area contributed by atoms with Gasteiger partial charge in [0.1, 0.15) is 6.54 Å². The van der Waals surface area contributed by atoms with Crippen molar-refractivity contribution >= 4 is 12.0 Å². The Bertz CT molecular complexity index is 245. The SMILES string of the molecule is C#CCC(CC)NC(=O)NCC(=O)O. The Balaban J connectivity index is 3.80. The number of hydrogen-bond acceptors (Lipinski definition) is 2. The van der Waals surface area contributed by atoms with Crippen LogP contribution in [0.3, 0.4) is 0 Å². The van der Waals surface area contributed by atoms with E-state index in [1.54, 1.807) is 0 Å². The van der Waals surface area contributed by atoms with Crippen LogP contribution in [0.25, 0.3) is 0 Å². The van der Waals surface area contributed by atoms with Gasteiger partial charge in [-0.15, -0.1) is 12.3 Å². The molecule has 1 unspecified atom stereocenters. The second-order valence-corrected chi connectivity index (χ2v) is 2.73. The fourth-order valence-electron chi connectivity index (χ4n) is 0.832.